The van der Waals surface area contributed by atoms with Gasteiger partial charge in [0.1, 0.15) is 17.0 Å². The number of halogens is 5. The molecule has 4 heterocycles. The van der Waals surface area contributed by atoms with Gasteiger partial charge in [-0.1, -0.05) is 12.1 Å². The lowest BCUT2D eigenvalue weighted by Crippen LogP contribution is -2.61. The zero-order valence-corrected chi connectivity index (χ0v) is 24.9. The Hall–Kier alpha value is -3.10. The SMILES string of the molecule is Cc1nc2c(N3C[C@@H](CO)N(C(c4ccc(C(F)(F)F)cc4)C4CC(F)(F)C4)C[C@@H]3C)nc(=O)n(C)c2n1C[C@@H]1CCCO1. The smallest absolute Gasteiger partial charge is 0.395 e. The fraction of sp³-hybridized carbons (Fsp3) is 0.633. The predicted octanol–water partition coefficient (Wildman–Crippen LogP) is 4.29. The van der Waals surface area contributed by atoms with Crippen molar-refractivity contribution in [2.75, 3.05) is 31.2 Å². The number of imidazole rings is 1. The first-order chi connectivity index (χ1) is 20.8. The Morgan fingerprint density at radius 2 is 1.84 bits per heavy atom. The lowest BCUT2D eigenvalue weighted by Gasteiger charge is -2.52. The molecule has 1 unspecified atom stereocenters. The molecule has 14 heteroatoms. The van der Waals surface area contributed by atoms with Crippen LogP contribution >= 0.6 is 0 Å². The molecule has 3 aromatic rings. The molecule has 3 aliphatic rings. The van der Waals surface area contributed by atoms with E-state index in [9.17, 15) is 31.9 Å². The van der Waals surface area contributed by atoms with Crippen molar-refractivity contribution in [3.05, 3.63) is 51.7 Å². The molecule has 44 heavy (non-hydrogen) atoms. The van der Waals surface area contributed by atoms with Gasteiger partial charge < -0.3 is 19.3 Å². The quantitative estimate of drug-likeness (QED) is 0.393. The van der Waals surface area contributed by atoms with E-state index < -0.39 is 41.4 Å². The van der Waals surface area contributed by atoms with Crippen LogP contribution in [0, 0.1) is 12.8 Å². The van der Waals surface area contributed by atoms with Crippen LogP contribution in [0.4, 0.5) is 27.8 Å². The van der Waals surface area contributed by atoms with Crippen molar-refractivity contribution in [2.24, 2.45) is 13.0 Å². The van der Waals surface area contributed by atoms with Gasteiger partial charge in [-0.2, -0.15) is 18.2 Å². The molecule has 6 rings (SSSR count). The Balaban J connectivity index is 1.34. The van der Waals surface area contributed by atoms with E-state index in [0.29, 0.717) is 48.1 Å². The maximum absolute atomic E-state index is 14.1. The molecule has 4 atom stereocenters. The molecule has 240 valence electrons. The van der Waals surface area contributed by atoms with Gasteiger partial charge in [0, 0.05) is 51.7 Å². The average Bonchev–Trinajstić information content (AvgIpc) is 3.58. The number of aliphatic hydroxyl groups is 1. The van der Waals surface area contributed by atoms with Crippen molar-refractivity contribution in [1.82, 2.24) is 24.0 Å². The maximum Gasteiger partial charge on any atom is 0.416 e. The van der Waals surface area contributed by atoms with Crippen molar-refractivity contribution < 1.29 is 31.8 Å². The van der Waals surface area contributed by atoms with Crippen LogP contribution in [0.5, 0.6) is 0 Å². The first-order valence-electron chi connectivity index (χ1n) is 15.0. The molecule has 0 spiro atoms. The summed E-state index contributed by atoms with van der Waals surface area (Å²) in [6.45, 7) is 5.20. The van der Waals surface area contributed by atoms with E-state index in [4.69, 9.17) is 9.72 Å². The largest absolute Gasteiger partial charge is 0.416 e. The zero-order chi connectivity index (χ0) is 31.6. The number of piperazine rings is 1. The van der Waals surface area contributed by atoms with Crippen LogP contribution in [-0.2, 0) is 24.5 Å². The van der Waals surface area contributed by atoms with Gasteiger partial charge in [0.25, 0.3) is 0 Å². The van der Waals surface area contributed by atoms with Crippen molar-refractivity contribution in [3.8, 4) is 0 Å². The van der Waals surface area contributed by atoms with Gasteiger partial charge in [0.05, 0.1) is 30.9 Å². The Labute approximate surface area is 251 Å². The highest BCUT2D eigenvalue weighted by Gasteiger charge is 2.52. The number of hydrogen-bond donors (Lipinski definition) is 1. The minimum Gasteiger partial charge on any atom is -0.395 e. The Morgan fingerprint density at radius 1 is 1.14 bits per heavy atom. The first kappa shape index (κ1) is 30.9. The number of alkyl halides is 5. The minimum atomic E-state index is -4.52. The number of hydrogen-bond acceptors (Lipinski definition) is 7. The fourth-order valence-corrected chi connectivity index (χ4v) is 7.16. The Kier molecular flexibility index (Phi) is 7.98. The van der Waals surface area contributed by atoms with Gasteiger partial charge >= 0.3 is 11.9 Å². The molecular weight excluding hydrogens is 587 g/mol. The second-order valence-electron chi connectivity index (χ2n) is 12.5. The molecule has 2 aromatic heterocycles. The molecule has 0 bridgehead atoms. The van der Waals surface area contributed by atoms with Crippen molar-refractivity contribution in [1.29, 1.82) is 0 Å². The number of rotatable bonds is 7. The summed E-state index contributed by atoms with van der Waals surface area (Å²) in [5.74, 6) is -2.25. The van der Waals surface area contributed by atoms with Crippen LogP contribution < -0.4 is 10.6 Å². The van der Waals surface area contributed by atoms with Crippen molar-refractivity contribution >= 4 is 17.0 Å². The summed E-state index contributed by atoms with van der Waals surface area (Å²) in [7, 11) is 1.65. The number of aliphatic hydroxyl groups excluding tert-OH is 1. The standard InChI is InChI=1S/C30H37F5N6O3/c1-17-13-41(25(20-11-29(31,32)12-20)19-6-8-21(9-7-19)30(33,34)35)22(16-42)14-39(17)26-24-27(38(3)28(43)37-26)40(18(2)36-24)15-23-5-4-10-44-23/h6-9,17,20,22-23,25,42H,4-5,10-16H2,1-3H3/t17-,22-,23-,25?/m0/s1. The highest BCUT2D eigenvalue weighted by molar-refractivity contribution is 5.84. The summed E-state index contributed by atoms with van der Waals surface area (Å²) < 4.78 is 77.3. The van der Waals surface area contributed by atoms with E-state index in [0.717, 1.165) is 25.0 Å². The van der Waals surface area contributed by atoms with Gasteiger partial charge in [-0.3, -0.25) is 9.47 Å². The van der Waals surface area contributed by atoms with Crippen LogP contribution in [0.1, 0.15) is 55.6 Å². The summed E-state index contributed by atoms with van der Waals surface area (Å²) in [6.07, 6.45) is -3.40. The number of benzene rings is 1. The van der Waals surface area contributed by atoms with Crippen molar-refractivity contribution in [3.63, 3.8) is 0 Å². The lowest BCUT2D eigenvalue weighted by atomic mass is 9.73. The van der Waals surface area contributed by atoms with Gasteiger partial charge in [-0.15, -0.1) is 0 Å². The van der Waals surface area contributed by atoms with Crippen LogP contribution in [0.2, 0.25) is 0 Å². The van der Waals surface area contributed by atoms with Crippen molar-refractivity contribution in [2.45, 2.75) is 82.4 Å². The highest BCUT2D eigenvalue weighted by atomic mass is 19.4. The molecule has 2 aliphatic heterocycles. The van der Waals surface area contributed by atoms with E-state index >= 15 is 0 Å². The summed E-state index contributed by atoms with van der Waals surface area (Å²) in [5, 5.41) is 10.6. The van der Waals surface area contributed by atoms with Gasteiger partial charge in [0.15, 0.2) is 5.82 Å². The molecule has 2 saturated heterocycles. The molecule has 0 radical (unpaired) electrons. The minimum absolute atomic E-state index is 0.0140. The van der Waals surface area contributed by atoms with E-state index in [1.807, 2.05) is 28.2 Å². The topological polar surface area (TPSA) is 88.7 Å². The van der Waals surface area contributed by atoms with Crippen LogP contribution in [-0.4, -0.2) is 79.5 Å². The molecule has 1 saturated carbocycles. The summed E-state index contributed by atoms with van der Waals surface area (Å²) in [4.78, 5) is 26.2. The summed E-state index contributed by atoms with van der Waals surface area (Å²) in [6, 6.07) is 3.18. The van der Waals surface area contributed by atoms with E-state index in [-0.39, 0.29) is 38.1 Å². The molecular formula is C30H37F5N6O3. The maximum atomic E-state index is 14.1. The number of aryl methyl sites for hydroxylation is 2. The Morgan fingerprint density at radius 3 is 2.43 bits per heavy atom. The number of aromatic nitrogens is 4. The number of nitrogens with zero attached hydrogens (tertiary/aromatic N) is 6. The summed E-state index contributed by atoms with van der Waals surface area (Å²) >= 11 is 0. The normalized spacial score (nSPS) is 25.5. The Bertz CT molecular complexity index is 1560. The van der Waals surface area contributed by atoms with Crippen LogP contribution in [0.15, 0.2) is 29.1 Å². The third-order valence-electron chi connectivity index (χ3n) is 9.43. The summed E-state index contributed by atoms with van der Waals surface area (Å²) in [5.41, 5.74) is 0.372. The van der Waals surface area contributed by atoms with Gasteiger partial charge in [-0.05, 0) is 50.3 Å². The third kappa shape index (κ3) is 5.60. The van der Waals surface area contributed by atoms with Crippen LogP contribution in [0.25, 0.3) is 11.2 Å². The lowest BCUT2D eigenvalue weighted by molar-refractivity contribution is -0.139. The number of fused-ring (bicyclic) bond motifs is 1. The predicted molar refractivity (Wildman–Crippen MR) is 153 cm³/mol. The molecule has 1 aliphatic carbocycles. The van der Waals surface area contributed by atoms with E-state index in [1.54, 1.807) is 7.05 Å². The van der Waals surface area contributed by atoms with E-state index in [2.05, 4.69) is 4.98 Å². The fourth-order valence-electron chi connectivity index (χ4n) is 7.16. The molecule has 9 nitrogen and oxygen atoms in total. The third-order valence-corrected chi connectivity index (χ3v) is 9.43. The molecule has 1 N–H and O–H groups in total. The monoisotopic (exact) mass is 624 g/mol. The zero-order valence-electron chi connectivity index (χ0n) is 24.9. The average molecular weight is 625 g/mol. The molecule has 1 aromatic carbocycles. The number of ether oxygens (including phenoxy) is 1. The number of anilines is 1. The first-order valence-corrected chi connectivity index (χ1v) is 15.0. The highest BCUT2D eigenvalue weighted by Crippen LogP contribution is 2.51. The van der Waals surface area contributed by atoms with Gasteiger partial charge in [0.2, 0.25) is 5.92 Å². The van der Waals surface area contributed by atoms with E-state index in [1.165, 1.54) is 16.7 Å². The second-order valence-corrected chi connectivity index (χ2v) is 12.5. The second kappa shape index (κ2) is 11.4. The van der Waals surface area contributed by atoms with Crippen LogP contribution in [0.3, 0.4) is 0 Å². The van der Waals surface area contributed by atoms with Gasteiger partial charge in [-0.25, -0.2) is 18.6 Å². The molecule has 0 amide bonds. The molecule has 3 fully saturated rings.